The lowest BCUT2D eigenvalue weighted by Crippen LogP contribution is -2.28. The van der Waals surface area contributed by atoms with E-state index in [0.29, 0.717) is 22.5 Å². The van der Waals surface area contributed by atoms with Gasteiger partial charge in [-0.2, -0.15) is 0 Å². The maximum atomic E-state index is 12.3. The van der Waals surface area contributed by atoms with Crippen LogP contribution in [-0.2, 0) is 4.65 Å². The van der Waals surface area contributed by atoms with E-state index < -0.39 is 7.12 Å². The van der Waals surface area contributed by atoms with E-state index in [1.165, 1.54) is 0 Å². The van der Waals surface area contributed by atoms with Crippen molar-refractivity contribution in [3.8, 4) is 5.75 Å². The lowest BCUT2D eigenvalue weighted by atomic mass is 9.79. The largest absolute Gasteiger partial charge is 0.497 e. The van der Waals surface area contributed by atoms with Gasteiger partial charge in [-0.25, -0.2) is 0 Å². The first-order valence-electron chi connectivity index (χ1n) is 7.01. The number of ether oxygens (including phenoxy) is 1. The summed E-state index contributed by atoms with van der Waals surface area (Å²) in [7, 11) is 0.610. The molecule has 0 aliphatic carbocycles. The van der Waals surface area contributed by atoms with Gasteiger partial charge in [0.2, 0.25) is 0 Å². The van der Waals surface area contributed by atoms with Gasteiger partial charge in [0.1, 0.15) is 5.75 Å². The monoisotopic (exact) mass is 297 g/mol. The molecule has 0 radical (unpaired) electrons. The molecule has 1 aliphatic rings. The average Bonchev–Trinajstić information content (AvgIpc) is 2.81. The predicted molar refractivity (Wildman–Crippen MR) is 84.5 cm³/mol. The van der Waals surface area contributed by atoms with Crippen LogP contribution < -0.4 is 15.5 Å². The van der Waals surface area contributed by atoms with E-state index in [4.69, 9.17) is 9.39 Å². The third kappa shape index (κ3) is 2.71. The molecule has 0 bridgehead atoms. The number of hydrogen-bond donors (Lipinski definition) is 2. The molecule has 112 valence electrons. The van der Waals surface area contributed by atoms with E-state index >= 15 is 0 Å². The maximum absolute atomic E-state index is 12.3. The van der Waals surface area contributed by atoms with Crippen molar-refractivity contribution < 1.29 is 19.2 Å². The average molecular weight is 297 g/mol. The van der Waals surface area contributed by atoms with Crippen molar-refractivity contribution in [1.29, 1.82) is 0 Å². The summed E-state index contributed by atoms with van der Waals surface area (Å²) >= 11 is 0. The third-order valence-electron chi connectivity index (χ3n) is 3.71. The first kappa shape index (κ1) is 14.6. The van der Waals surface area contributed by atoms with E-state index in [1.807, 2.05) is 13.0 Å². The molecule has 2 aromatic carbocycles. The van der Waals surface area contributed by atoms with Crippen LogP contribution in [-0.4, -0.2) is 25.2 Å². The van der Waals surface area contributed by atoms with Gasteiger partial charge in [0.05, 0.1) is 13.2 Å². The van der Waals surface area contributed by atoms with E-state index in [1.54, 1.807) is 43.5 Å². The van der Waals surface area contributed by atoms with Crippen LogP contribution in [0.2, 0.25) is 0 Å². The fourth-order valence-corrected chi connectivity index (χ4v) is 2.54. The van der Waals surface area contributed by atoms with Crippen LogP contribution in [0.25, 0.3) is 0 Å². The second-order valence-electron chi connectivity index (χ2n) is 5.16. The quantitative estimate of drug-likeness (QED) is 0.847. The van der Waals surface area contributed by atoms with Crippen molar-refractivity contribution in [2.24, 2.45) is 0 Å². The Labute approximate surface area is 129 Å². The van der Waals surface area contributed by atoms with Gasteiger partial charge in [0.25, 0.3) is 5.91 Å². The molecule has 1 aliphatic heterocycles. The van der Waals surface area contributed by atoms with Gasteiger partial charge in [-0.3, -0.25) is 4.79 Å². The van der Waals surface area contributed by atoms with Crippen molar-refractivity contribution >= 4 is 24.2 Å². The molecule has 1 atom stereocenters. The molecule has 0 saturated heterocycles. The second-order valence-corrected chi connectivity index (χ2v) is 5.16. The van der Waals surface area contributed by atoms with Crippen LogP contribution in [0.5, 0.6) is 5.75 Å². The van der Waals surface area contributed by atoms with E-state index in [9.17, 15) is 9.82 Å². The van der Waals surface area contributed by atoms with Gasteiger partial charge in [-0.05, 0) is 48.3 Å². The predicted octanol–water partition coefficient (Wildman–Crippen LogP) is 1.73. The fourth-order valence-electron chi connectivity index (χ4n) is 2.54. The number of carbonyl (C=O) groups is 1. The lowest BCUT2D eigenvalue weighted by Gasteiger charge is -2.09. The summed E-state index contributed by atoms with van der Waals surface area (Å²) in [4.78, 5) is 12.3. The smallest absolute Gasteiger partial charge is 0.492 e. The standard InChI is InChI=1S/C16H16BNO4/c1-10-14-7-6-12(9-15(14)17(20)22-10)18-16(19)11-4-3-5-13(8-11)21-2/h3-10,20H,1-2H3,(H,18,19). The summed E-state index contributed by atoms with van der Waals surface area (Å²) in [5.41, 5.74) is 2.75. The van der Waals surface area contributed by atoms with Crippen molar-refractivity contribution in [3.05, 3.63) is 53.6 Å². The first-order valence-corrected chi connectivity index (χ1v) is 7.01. The molecule has 1 heterocycles. The molecule has 0 saturated carbocycles. The number of methoxy groups -OCH3 is 1. The minimum absolute atomic E-state index is 0.145. The highest BCUT2D eigenvalue weighted by atomic mass is 16.5. The molecule has 0 spiro atoms. The Morgan fingerprint density at radius 2 is 2.14 bits per heavy atom. The van der Waals surface area contributed by atoms with Gasteiger partial charge in [-0.1, -0.05) is 12.1 Å². The van der Waals surface area contributed by atoms with E-state index in [0.717, 1.165) is 5.56 Å². The zero-order valence-electron chi connectivity index (χ0n) is 12.4. The minimum Gasteiger partial charge on any atom is -0.497 e. The number of fused-ring (bicyclic) bond motifs is 1. The molecule has 1 amide bonds. The van der Waals surface area contributed by atoms with Gasteiger partial charge in [-0.15, -0.1) is 0 Å². The van der Waals surface area contributed by atoms with Gasteiger partial charge >= 0.3 is 7.12 Å². The van der Waals surface area contributed by atoms with Crippen LogP contribution in [0.1, 0.15) is 28.9 Å². The van der Waals surface area contributed by atoms with Crippen LogP contribution in [0.4, 0.5) is 5.69 Å². The molecule has 6 heteroatoms. The Morgan fingerprint density at radius 1 is 1.32 bits per heavy atom. The van der Waals surface area contributed by atoms with Crippen LogP contribution in [0, 0.1) is 0 Å². The zero-order chi connectivity index (χ0) is 15.7. The van der Waals surface area contributed by atoms with Crippen molar-refractivity contribution in [1.82, 2.24) is 0 Å². The van der Waals surface area contributed by atoms with Gasteiger partial charge < -0.3 is 19.7 Å². The number of anilines is 1. The molecule has 2 N–H and O–H groups in total. The molecule has 0 fully saturated rings. The Hall–Kier alpha value is -2.31. The molecular formula is C16H16BNO4. The number of benzene rings is 2. The number of amides is 1. The Balaban J connectivity index is 1.81. The summed E-state index contributed by atoms with van der Waals surface area (Å²) in [5, 5.41) is 12.7. The topological polar surface area (TPSA) is 67.8 Å². The normalized spacial score (nSPS) is 16.3. The van der Waals surface area contributed by atoms with Crippen molar-refractivity contribution in [2.75, 3.05) is 12.4 Å². The molecule has 5 nitrogen and oxygen atoms in total. The third-order valence-corrected chi connectivity index (χ3v) is 3.71. The lowest BCUT2D eigenvalue weighted by molar-refractivity contribution is 0.102. The highest BCUT2D eigenvalue weighted by molar-refractivity contribution is 6.61. The highest BCUT2D eigenvalue weighted by Gasteiger charge is 2.32. The molecule has 3 rings (SSSR count). The molecule has 2 aromatic rings. The Bertz CT molecular complexity index is 719. The molecule has 1 unspecified atom stereocenters. The SMILES string of the molecule is COc1cccc(C(=O)Nc2ccc3c(c2)B(O)OC3C)c1. The highest BCUT2D eigenvalue weighted by Crippen LogP contribution is 2.24. The van der Waals surface area contributed by atoms with Crippen molar-refractivity contribution in [2.45, 2.75) is 13.0 Å². The van der Waals surface area contributed by atoms with Crippen molar-refractivity contribution in [3.63, 3.8) is 0 Å². The minimum atomic E-state index is -0.946. The summed E-state index contributed by atoms with van der Waals surface area (Å²) in [6, 6.07) is 12.3. The fraction of sp³-hybridized carbons (Fsp3) is 0.188. The Morgan fingerprint density at radius 3 is 2.91 bits per heavy atom. The van der Waals surface area contributed by atoms with Gasteiger partial charge in [0.15, 0.2) is 0 Å². The Kier molecular flexibility index (Phi) is 3.87. The number of nitrogens with one attached hydrogen (secondary N) is 1. The maximum Gasteiger partial charge on any atom is 0.492 e. The van der Waals surface area contributed by atoms with Gasteiger partial charge in [0, 0.05) is 11.3 Å². The van der Waals surface area contributed by atoms with E-state index in [-0.39, 0.29) is 12.0 Å². The molecule has 22 heavy (non-hydrogen) atoms. The zero-order valence-corrected chi connectivity index (χ0v) is 12.4. The van der Waals surface area contributed by atoms with Crippen LogP contribution >= 0.6 is 0 Å². The summed E-state index contributed by atoms with van der Waals surface area (Å²) in [6.45, 7) is 1.88. The number of carbonyl (C=O) groups excluding carboxylic acids is 1. The summed E-state index contributed by atoms with van der Waals surface area (Å²) in [6.07, 6.45) is -0.145. The summed E-state index contributed by atoms with van der Waals surface area (Å²) in [5.74, 6) is 0.388. The van der Waals surface area contributed by atoms with Crippen LogP contribution in [0.15, 0.2) is 42.5 Å². The second kappa shape index (κ2) is 5.83. The number of hydrogen-bond acceptors (Lipinski definition) is 4. The summed E-state index contributed by atoms with van der Waals surface area (Å²) < 4.78 is 10.4. The first-order chi connectivity index (χ1) is 10.6. The molecular weight excluding hydrogens is 281 g/mol. The molecule has 0 aromatic heterocycles. The van der Waals surface area contributed by atoms with Crippen LogP contribution in [0.3, 0.4) is 0 Å². The number of rotatable bonds is 3. The van der Waals surface area contributed by atoms with E-state index in [2.05, 4.69) is 5.32 Å².